The van der Waals surface area contributed by atoms with Crippen molar-refractivity contribution in [3.05, 3.63) is 23.8 Å². The zero-order chi connectivity index (χ0) is 13.8. The largest absolute Gasteiger partial charge is 0.416 e. The number of rotatable bonds is 5. The van der Waals surface area contributed by atoms with Crippen LogP contribution in [0, 0.1) is 5.92 Å². The SMILES string of the molecule is CC(CCO)CNc1ccc(C(F)(F)F)cc1N. The Balaban J connectivity index is 2.69. The number of aliphatic hydroxyl groups excluding tert-OH is 1. The van der Waals surface area contributed by atoms with E-state index >= 15 is 0 Å². The topological polar surface area (TPSA) is 58.3 Å². The molecule has 1 unspecified atom stereocenters. The van der Waals surface area contributed by atoms with Crippen molar-refractivity contribution in [2.24, 2.45) is 5.92 Å². The summed E-state index contributed by atoms with van der Waals surface area (Å²) in [5.74, 6) is 0.219. The van der Waals surface area contributed by atoms with E-state index in [-0.39, 0.29) is 18.2 Å². The van der Waals surface area contributed by atoms with Gasteiger partial charge in [-0.15, -0.1) is 0 Å². The van der Waals surface area contributed by atoms with Crippen LogP contribution in [0.5, 0.6) is 0 Å². The molecule has 0 saturated heterocycles. The minimum atomic E-state index is -4.38. The molecule has 0 radical (unpaired) electrons. The summed E-state index contributed by atoms with van der Waals surface area (Å²) < 4.78 is 37.2. The van der Waals surface area contributed by atoms with Crippen molar-refractivity contribution in [2.45, 2.75) is 19.5 Å². The molecule has 102 valence electrons. The molecule has 0 aromatic heterocycles. The average Bonchev–Trinajstić information content (AvgIpc) is 2.26. The van der Waals surface area contributed by atoms with Gasteiger partial charge in [-0.2, -0.15) is 13.2 Å². The van der Waals surface area contributed by atoms with Gasteiger partial charge in [-0.25, -0.2) is 0 Å². The molecule has 18 heavy (non-hydrogen) atoms. The molecule has 0 heterocycles. The number of anilines is 2. The van der Waals surface area contributed by atoms with E-state index in [1.54, 1.807) is 0 Å². The van der Waals surface area contributed by atoms with Gasteiger partial charge in [0.25, 0.3) is 0 Å². The number of alkyl halides is 3. The summed E-state index contributed by atoms with van der Waals surface area (Å²) >= 11 is 0. The van der Waals surface area contributed by atoms with Crippen molar-refractivity contribution in [1.29, 1.82) is 0 Å². The molecular weight excluding hydrogens is 245 g/mol. The van der Waals surface area contributed by atoms with Crippen molar-refractivity contribution >= 4 is 11.4 Å². The number of hydrogen-bond donors (Lipinski definition) is 3. The first kappa shape index (κ1) is 14.6. The Hall–Kier alpha value is -1.43. The van der Waals surface area contributed by atoms with Crippen LogP contribution in [0.1, 0.15) is 18.9 Å². The van der Waals surface area contributed by atoms with Gasteiger partial charge in [0.05, 0.1) is 16.9 Å². The van der Waals surface area contributed by atoms with Crippen LogP contribution in [-0.2, 0) is 6.18 Å². The van der Waals surface area contributed by atoms with E-state index in [0.717, 1.165) is 12.1 Å². The Morgan fingerprint density at radius 3 is 2.56 bits per heavy atom. The highest BCUT2D eigenvalue weighted by molar-refractivity contribution is 5.67. The number of hydrogen-bond acceptors (Lipinski definition) is 3. The molecule has 0 fully saturated rings. The number of aliphatic hydroxyl groups is 1. The second-order valence-electron chi connectivity index (χ2n) is 4.30. The van der Waals surface area contributed by atoms with Crippen molar-refractivity contribution < 1.29 is 18.3 Å². The minimum Gasteiger partial charge on any atom is -0.397 e. The molecule has 0 spiro atoms. The van der Waals surface area contributed by atoms with Gasteiger partial charge in [0.1, 0.15) is 0 Å². The van der Waals surface area contributed by atoms with Crippen molar-refractivity contribution in [3.63, 3.8) is 0 Å². The number of halogens is 3. The molecule has 0 amide bonds. The lowest BCUT2D eigenvalue weighted by Gasteiger charge is -2.15. The van der Waals surface area contributed by atoms with E-state index in [4.69, 9.17) is 10.8 Å². The van der Waals surface area contributed by atoms with Crippen LogP contribution in [-0.4, -0.2) is 18.3 Å². The molecule has 0 aliphatic carbocycles. The summed E-state index contributed by atoms with van der Waals surface area (Å²) in [6.45, 7) is 2.57. The Bertz CT molecular complexity index is 393. The van der Waals surface area contributed by atoms with Crippen LogP contribution in [0.3, 0.4) is 0 Å². The molecule has 1 rings (SSSR count). The third-order valence-electron chi connectivity index (χ3n) is 2.64. The zero-order valence-corrected chi connectivity index (χ0v) is 10.1. The van der Waals surface area contributed by atoms with E-state index in [2.05, 4.69) is 5.32 Å². The predicted octanol–water partition coefficient (Wildman–Crippen LogP) is 2.72. The van der Waals surface area contributed by atoms with Crippen LogP contribution < -0.4 is 11.1 Å². The second kappa shape index (κ2) is 5.95. The van der Waals surface area contributed by atoms with Gasteiger partial charge in [0, 0.05) is 13.2 Å². The first-order valence-corrected chi connectivity index (χ1v) is 5.66. The predicted molar refractivity (Wildman–Crippen MR) is 65.2 cm³/mol. The average molecular weight is 262 g/mol. The first-order chi connectivity index (χ1) is 8.34. The lowest BCUT2D eigenvalue weighted by atomic mass is 10.1. The molecule has 6 heteroatoms. The summed E-state index contributed by atoms with van der Waals surface area (Å²) in [6.07, 6.45) is -3.75. The summed E-state index contributed by atoms with van der Waals surface area (Å²) in [7, 11) is 0. The highest BCUT2D eigenvalue weighted by atomic mass is 19.4. The maximum absolute atomic E-state index is 12.4. The second-order valence-corrected chi connectivity index (χ2v) is 4.30. The monoisotopic (exact) mass is 262 g/mol. The number of benzene rings is 1. The van der Waals surface area contributed by atoms with Gasteiger partial charge >= 0.3 is 6.18 Å². The van der Waals surface area contributed by atoms with Crippen molar-refractivity contribution in [3.8, 4) is 0 Å². The maximum atomic E-state index is 12.4. The highest BCUT2D eigenvalue weighted by Gasteiger charge is 2.30. The molecular formula is C12H17F3N2O. The van der Waals surface area contributed by atoms with Gasteiger partial charge < -0.3 is 16.2 Å². The van der Waals surface area contributed by atoms with E-state index in [0.29, 0.717) is 18.7 Å². The van der Waals surface area contributed by atoms with Gasteiger partial charge in [0.15, 0.2) is 0 Å². The molecule has 1 aromatic carbocycles. The van der Waals surface area contributed by atoms with E-state index in [1.165, 1.54) is 6.07 Å². The van der Waals surface area contributed by atoms with Gasteiger partial charge in [-0.05, 0) is 30.5 Å². The summed E-state index contributed by atoms with van der Waals surface area (Å²) in [6, 6.07) is 3.23. The van der Waals surface area contributed by atoms with Crippen LogP contribution >= 0.6 is 0 Å². The zero-order valence-electron chi connectivity index (χ0n) is 10.1. The van der Waals surface area contributed by atoms with Crippen molar-refractivity contribution in [2.75, 3.05) is 24.2 Å². The molecule has 0 bridgehead atoms. The highest BCUT2D eigenvalue weighted by Crippen LogP contribution is 2.32. The minimum absolute atomic E-state index is 0.0704. The quantitative estimate of drug-likeness (QED) is 0.715. The van der Waals surface area contributed by atoms with Crippen LogP contribution in [0.2, 0.25) is 0 Å². The first-order valence-electron chi connectivity index (χ1n) is 5.66. The maximum Gasteiger partial charge on any atom is 0.416 e. The van der Waals surface area contributed by atoms with Gasteiger partial charge in [-0.3, -0.25) is 0 Å². The normalized spacial score (nSPS) is 13.4. The summed E-state index contributed by atoms with van der Waals surface area (Å²) in [5.41, 5.74) is 5.36. The number of nitrogen functional groups attached to an aromatic ring is 1. The number of nitrogens with two attached hydrogens (primary N) is 1. The van der Waals surface area contributed by atoms with Crippen LogP contribution in [0.25, 0.3) is 0 Å². The van der Waals surface area contributed by atoms with Crippen LogP contribution in [0.4, 0.5) is 24.5 Å². The molecule has 0 aliphatic heterocycles. The van der Waals surface area contributed by atoms with Gasteiger partial charge in [-0.1, -0.05) is 6.92 Å². The standard InChI is InChI=1S/C12H17F3N2O/c1-8(4-5-18)7-17-11-3-2-9(6-10(11)16)12(13,14)15/h2-3,6,8,17-18H,4-5,7,16H2,1H3. The van der Waals surface area contributed by atoms with E-state index < -0.39 is 11.7 Å². The third-order valence-corrected chi connectivity index (χ3v) is 2.64. The fourth-order valence-electron chi connectivity index (χ4n) is 1.51. The fraction of sp³-hybridized carbons (Fsp3) is 0.500. The van der Waals surface area contributed by atoms with E-state index in [1.807, 2.05) is 6.92 Å². The lowest BCUT2D eigenvalue weighted by molar-refractivity contribution is -0.137. The lowest BCUT2D eigenvalue weighted by Crippen LogP contribution is -2.14. The summed E-state index contributed by atoms with van der Waals surface area (Å²) in [4.78, 5) is 0. The van der Waals surface area contributed by atoms with Gasteiger partial charge in [0.2, 0.25) is 0 Å². The number of nitrogens with one attached hydrogen (secondary N) is 1. The Morgan fingerprint density at radius 2 is 2.06 bits per heavy atom. The Kier molecular flexibility index (Phi) is 4.84. The molecule has 3 nitrogen and oxygen atoms in total. The van der Waals surface area contributed by atoms with E-state index in [9.17, 15) is 13.2 Å². The third kappa shape index (κ3) is 4.10. The Labute approximate surface area is 104 Å². The molecule has 1 aromatic rings. The molecule has 4 N–H and O–H groups in total. The molecule has 0 aliphatic rings. The Morgan fingerprint density at radius 1 is 1.39 bits per heavy atom. The van der Waals surface area contributed by atoms with Crippen molar-refractivity contribution in [1.82, 2.24) is 0 Å². The fourth-order valence-corrected chi connectivity index (χ4v) is 1.51. The van der Waals surface area contributed by atoms with Crippen LogP contribution in [0.15, 0.2) is 18.2 Å². The molecule has 1 atom stereocenters. The summed E-state index contributed by atoms with van der Waals surface area (Å²) in [5, 5.41) is 11.7. The molecule has 0 saturated carbocycles. The smallest absolute Gasteiger partial charge is 0.397 e.